The van der Waals surface area contributed by atoms with Gasteiger partial charge in [-0.1, -0.05) is 184 Å². The van der Waals surface area contributed by atoms with Crippen LogP contribution in [0.4, 0.5) is 34.1 Å². The maximum Gasteiger partial charge on any atom is 0.0462 e. The van der Waals surface area contributed by atoms with Gasteiger partial charge < -0.3 is 9.80 Å². The lowest BCUT2D eigenvalue weighted by Gasteiger charge is -2.27. The highest BCUT2D eigenvalue weighted by Crippen LogP contribution is 2.40. The normalized spacial score (nSPS) is 14.7. The number of anilines is 6. The minimum atomic E-state index is 0.703. The topological polar surface area (TPSA) is 6.48 Å². The lowest BCUT2D eigenvalue weighted by molar-refractivity contribution is 0.443. The van der Waals surface area contributed by atoms with E-state index in [1.165, 1.54) is 120 Å². The zero-order valence-electron chi connectivity index (χ0n) is 36.9. The molecule has 10 rings (SSSR count). The van der Waals surface area contributed by atoms with Crippen LogP contribution < -0.4 is 9.80 Å². The number of hydrogen-bond acceptors (Lipinski definition) is 2. The highest BCUT2D eigenvalue weighted by atomic mass is 15.1. The summed E-state index contributed by atoms with van der Waals surface area (Å²) in [5.41, 5.74) is 17.2. The van der Waals surface area contributed by atoms with Crippen LogP contribution in [0, 0.1) is 0 Å². The van der Waals surface area contributed by atoms with Gasteiger partial charge in [0.05, 0.1) is 0 Å². The van der Waals surface area contributed by atoms with Gasteiger partial charge in [0, 0.05) is 34.1 Å². The second-order valence-electron chi connectivity index (χ2n) is 17.9. The van der Waals surface area contributed by atoms with Crippen LogP contribution in [0.5, 0.6) is 0 Å². The van der Waals surface area contributed by atoms with E-state index in [2.05, 4.69) is 228 Å². The molecule has 2 aliphatic carbocycles. The van der Waals surface area contributed by atoms with Crippen molar-refractivity contribution >= 4 is 46.3 Å². The quantitative estimate of drug-likeness (QED) is 0.113. The first kappa shape index (κ1) is 41.1. The fraction of sp³-hybridized carbons (Fsp3) is 0.194. The molecule has 316 valence electrons. The number of hydrogen-bond donors (Lipinski definition) is 0. The molecule has 2 fully saturated rings. The summed E-state index contributed by atoms with van der Waals surface area (Å²) in [7, 11) is 0. The van der Waals surface area contributed by atoms with Gasteiger partial charge in [-0.15, -0.1) is 0 Å². The maximum absolute atomic E-state index is 2.36. The van der Waals surface area contributed by atoms with Crippen molar-refractivity contribution < 1.29 is 0 Å². The van der Waals surface area contributed by atoms with E-state index in [1.54, 1.807) is 0 Å². The lowest BCUT2D eigenvalue weighted by Crippen LogP contribution is -2.10. The number of rotatable bonds is 12. The summed E-state index contributed by atoms with van der Waals surface area (Å²) in [5, 5.41) is 0. The zero-order chi connectivity index (χ0) is 42.9. The predicted molar refractivity (Wildman–Crippen MR) is 274 cm³/mol. The summed E-state index contributed by atoms with van der Waals surface area (Å²) in [6, 6.07) is 75.8. The third-order valence-corrected chi connectivity index (χ3v) is 13.7. The number of benzene rings is 8. The average Bonchev–Trinajstić information content (AvgIpc) is 3.38. The molecule has 0 bridgehead atoms. The van der Waals surface area contributed by atoms with Crippen molar-refractivity contribution in [3.05, 3.63) is 229 Å². The molecule has 2 aliphatic rings. The first-order chi connectivity index (χ1) is 31.7. The van der Waals surface area contributed by atoms with Gasteiger partial charge in [0.2, 0.25) is 0 Å². The van der Waals surface area contributed by atoms with Crippen molar-refractivity contribution in [3.63, 3.8) is 0 Å². The standard InChI is InChI=1S/C62H58N2/c1-5-13-49(14-6-1)53-31-39-59(40-32-53)63(57-17-9-3-10-18-57)61-43-35-55(36-44-61)51-27-23-47(24-28-51)21-22-48-25-29-52(30-26-48)56-37-45-62(46-38-56)64(58-19-11-4-12-20-58)60-41-33-54(34-42-60)50-15-7-2-8-16-50/h3-4,9-12,17-46,49-50H,1-2,5-8,13-16H2/b22-21+. The molecule has 2 nitrogen and oxygen atoms in total. The lowest BCUT2D eigenvalue weighted by atomic mass is 9.84. The van der Waals surface area contributed by atoms with Gasteiger partial charge in [-0.3, -0.25) is 0 Å². The molecule has 0 atom stereocenters. The molecule has 8 aromatic carbocycles. The number of nitrogens with zero attached hydrogens (tertiary/aromatic N) is 2. The third-order valence-electron chi connectivity index (χ3n) is 13.7. The Morgan fingerprint density at radius 1 is 0.266 bits per heavy atom. The molecule has 0 unspecified atom stereocenters. The fourth-order valence-electron chi connectivity index (χ4n) is 10.1. The van der Waals surface area contributed by atoms with Gasteiger partial charge >= 0.3 is 0 Å². The van der Waals surface area contributed by atoms with Crippen LogP contribution in [-0.2, 0) is 0 Å². The Kier molecular flexibility index (Phi) is 12.6. The summed E-state index contributed by atoms with van der Waals surface area (Å²) in [5.74, 6) is 1.41. The van der Waals surface area contributed by atoms with E-state index in [0.717, 1.165) is 22.7 Å². The molecular weight excluding hydrogens is 773 g/mol. The van der Waals surface area contributed by atoms with E-state index >= 15 is 0 Å². The molecule has 8 aromatic rings. The van der Waals surface area contributed by atoms with Crippen LogP contribution in [0.2, 0.25) is 0 Å². The van der Waals surface area contributed by atoms with Crippen LogP contribution in [0.3, 0.4) is 0 Å². The van der Waals surface area contributed by atoms with Gasteiger partial charge in [-0.25, -0.2) is 0 Å². The van der Waals surface area contributed by atoms with Crippen molar-refractivity contribution in [3.8, 4) is 22.3 Å². The molecule has 0 N–H and O–H groups in total. The number of para-hydroxylation sites is 2. The van der Waals surface area contributed by atoms with E-state index in [4.69, 9.17) is 0 Å². The van der Waals surface area contributed by atoms with Crippen molar-refractivity contribution in [2.45, 2.75) is 76.0 Å². The van der Waals surface area contributed by atoms with Crippen LogP contribution in [0.25, 0.3) is 34.4 Å². The Hall–Kier alpha value is -6.90. The molecule has 0 heterocycles. The summed E-state index contributed by atoms with van der Waals surface area (Å²) in [4.78, 5) is 4.73. The van der Waals surface area contributed by atoms with Crippen LogP contribution in [0.15, 0.2) is 206 Å². The van der Waals surface area contributed by atoms with Gasteiger partial charge in [-0.05, 0) is 155 Å². The maximum atomic E-state index is 2.36. The Bertz CT molecular complexity index is 2510. The van der Waals surface area contributed by atoms with E-state index in [1.807, 2.05) is 0 Å². The SMILES string of the molecule is C(=C\c1ccc(-c2ccc(N(c3ccccc3)c3ccc(C4CCCCC4)cc3)cc2)cc1)/c1ccc(-c2ccc(N(c3ccccc3)c3ccc(C4CCCCC4)cc3)cc2)cc1. The van der Waals surface area contributed by atoms with Gasteiger partial charge in [0.15, 0.2) is 0 Å². The molecule has 0 saturated heterocycles. The Labute approximate surface area is 381 Å². The zero-order valence-corrected chi connectivity index (χ0v) is 36.9. The molecule has 0 amide bonds. The van der Waals surface area contributed by atoms with Crippen molar-refractivity contribution in [2.75, 3.05) is 9.80 Å². The third kappa shape index (κ3) is 9.53. The summed E-state index contributed by atoms with van der Waals surface area (Å²) < 4.78 is 0. The largest absolute Gasteiger partial charge is 0.311 e. The summed E-state index contributed by atoms with van der Waals surface area (Å²) >= 11 is 0. The molecule has 2 saturated carbocycles. The second-order valence-corrected chi connectivity index (χ2v) is 17.9. The van der Waals surface area contributed by atoms with Crippen LogP contribution in [0.1, 0.15) is 98.3 Å². The molecule has 0 aromatic heterocycles. The first-order valence-electron chi connectivity index (χ1n) is 23.7. The highest BCUT2D eigenvalue weighted by Gasteiger charge is 2.19. The van der Waals surface area contributed by atoms with Gasteiger partial charge in [0.25, 0.3) is 0 Å². The summed E-state index contributed by atoms with van der Waals surface area (Å²) in [6.45, 7) is 0. The van der Waals surface area contributed by atoms with E-state index in [-0.39, 0.29) is 0 Å². The Morgan fingerprint density at radius 2 is 0.531 bits per heavy atom. The Balaban J connectivity index is 0.796. The molecular formula is C62H58N2. The molecule has 0 aliphatic heterocycles. The minimum absolute atomic E-state index is 0.703. The van der Waals surface area contributed by atoms with E-state index < -0.39 is 0 Å². The average molecular weight is 831 g/mol. The minimum Gasteiger partial charge on any atom is -0.311 e. The van der Waals surface area contributed by atoms with Crippen molar-refractivity contribution in [2.24, 2.45) is 0 Å². The van der Waals surface area contributed by atoms with Crippen molar-refractivity contribution in [1.29, 1.82) is 0 Å². The van der Waals surface area contributed by atoms with Gasteiger partial charge in [0.1, 0.15) is 0 Å². The van der Waals surface area contributed by atoms with Gasteiger partial charge in [-0.2, -0.15) is 0 Å². The summed E-state index contributed by atoms with van der Waals surface area (Å²) in [6.07, 6.45) is 17.8. The highest BCUT2D eigenvalue weighted by molar-refractivity contribution is 5.81. The molecule has 2 heteroatoms. The Morgan fingerprint density at radius 3 is 0.844 bits per heavy atom. The molecule has 0 radical (unpaired) electrons. The molecule has 64 heavy (non-hydrogen) atoms. The second kappa shape index (κ2) is 19.7. The van der Waals surface area contributed by atoms with Crippen molar-refractivity contribution in [1.82, 2.24) is 0 Å². The predicted octanol–water partition coefficient (Wildman–Crippen LogP) is 18.2. The monoisotopic (exact) mass is 830 g/mol. The smallest absolute Gasteiger partial charge is 0.0462 e. The van der Waals surface area contributed by atoms with Crippen LogP contribution in [-0.4, -0.2) is 0 Å². The van der Waals surface area contributed by atoms with E-state index in [9.17, 15) is 0 Å². The van der Waals surface area contributed by atoms with E-state index in [0.29, 0.717) is 11.8 Å². The van der Waals surface area contributed by atoms with Crippen LogP contribution >= 0.6 is 0 Å². The first-order valence-corrected chi connectivity index (χ1v) is 23.7. The fourth-order valence-corrected chi connectivity index (χ4v) is 10.1. The molecule has 0 spiro atoms.